The number of hydrogen-bond acceptors (Lipinski definition) is 0. The summed E-state index contributed by atoms with van der Waals surface area (Å²) in [6.45, 7) is 3.83. The Bertz CT molecular complexity index is 122. The molecule has 0 spiro atoms. The second-order valence-corrected chi connectivity index (χ2v) is 2.98. The lowest BCUT2D eigenvalue weighted by molar-refractivity contribution is 0.521. The molecule has 0 aliphatic heterocycles. The van der Waals surface area contributed by atoms with E-state index in [2.05, 4.69) is 24.8 Å². The Morgan fingerprint density at radius 1 is 1.20 bits per heavy atom. The van der Waals surface area contributed by atoms with E-state index in [-0.39, 0.29) is 0 Å². The zero-order valence-corrected chi connectivity index (χ0v) is 6.55. The zero-order valence-electron chi connectivity index (χ0n) is 6.55. The molecule has 0 aromatic heterocycles. The number of hydrogen-bond donors (Lipinski definition) is 0. The minimum atomic E-state index is 0.782. The Morgan fingerprint density at radius 3 is 2.80 bits per heavy atom. The first-order valence-electron chi connectivity index (χ1n) is 4.21. The van der Waals surface area contributed by atoms with Gasteiger partial charge in [-0.2, -0.15) is 0 Å². The van der Waals surface area contributed by atoms with E-state index < -0.39 is 0 Å². The molecule has 0 saturated heterocycles. The predicted molar refractivity (Wildman–Crippen MR) is 45.9 cm³/mol. The highest BCUT2D eigenvalue weighted by molar-refractivity contribution is 4.89. The van der Waals surface area contributed by atoms with Gasteiger partial charge in [-0.05, 0) is 38.0 Å². The van der Waals surface area contributed by atoms with E-state index in [0.29, 0.717) is 0 Å². The summed E-state index contributed by atoms with van der Waals surface area (Å²) in [4.78, 5) is 0. The predicted octanol–water partition coefficient (Wildman–Crippen LogP) is 3.31. The lowest BCUT2D eigenvalue weighted by Crippen LogP contribution is -1.96. The maximum Gasteiger partial charge on any atom is -0.0233 e. The lowest BCUT2D eigenvalue weighted by Gasteiger charge is -2.11. The van der Waals surface area contributed by atoms with Crippen molar-refractivity contribution in [1.82, 2.24) is 0 Å². The Kier molecular flexibility index (Phi) is 3.28. The van der Waals surface area contributed by atoms with Crippen LogP contribution in [-0.2, 0) is 0 Å². The largest absolute Gasteiger partial charge is 0.103 e. The number of rotatable bonds is 1. The quantitative estimate of drug-likeness (QED) is 0.485. The fourth-order valence-electron chi connectivity index (χ4n) is 1.42. The van der Waals surface area contributed by atoms with Crippen molar-refractivity contribution in [2.75, 3.05) is 0 Å². The standard InChI is InChI=1S/C10H16/c1-2-10-8-6-4-3-5-7-9-10/h2-4,10H,1,5-9H2/b4-3-. The van der Waals surface area contributed by atoms with Crippen LogP contribution in [0.2, 0.25) is 0 Å². The van der Waals surface area contributed by atoms with Crippen LogP contribution >= 0.6 is 0 Å². The van der Waals surface area contributed by atoms with Gasteiger partial charge >= 0.3 is 0 Å². The SMILES string of the molecule is C=CC1CC/C=C\CCC1. The molecule has 1 aliphatic carbocycles. The smallest absolute Gasteiger partial charge is 0.0233 e. The molecule has 0 fully saturated rings. The van der Waals surface area contributed by atoms with E-state index >= 15 is 0 Å². The molecule has 0 heteroatoms. The van der Waals surface area contributed by atoms with Crippen molar-refractivity contribution in [2.45, 2.75) is 32.1 Å². The van der Waals surface area contributed by atoms with Crippen LogP contribution in [0.5, 0.6) is 0 Å². The zero-order chi connectivity index (χ0) is 7.23. The van der Waals surface area contributed by atoms with Crippen molar-refractivity contribution >= 4 is 0 Å². The van der Waals surface area contributed by atoms with Gasteiger partial charge in [-0.1, -0.05) is 18.2 Å². The Balaban J connectivity index is 2.34. The first kappa shape index (κ1) is 7.59. The fourth-order valence-corrected chi connectivity index (χ4v) is 1.42. The summed E-state index contributed by atoms with van der Waals surface area (Å²) in [5, 5.41) is 0. The number of allylic oxidation sites excluding steroid dienone is 3. The van der Waals surface area contributed by atoms with Gasteiger partial charge in [0.15, 0.2) is 0 Å². The van der Waals surface area contributed by atoms with Gasteiger partial charge in [0.05, 0.1) is 0 Å². The molecule has 1 unspecified atom stereocenters. The van der Waals surface area contributed by atoms with Crippen LogP contribution in [0, 0.1) is 5.92 Å². The highest BCUT2D eigenvalue weighted by atomic mass is 14.1. The van der Waals surface area contributed by atoms with Gasteiger partial charge in [-0.3, -0.25) is 0 Å². The van der Waals surface area contributed by atoms with Gasteiger partial charge in [-0.15, -0.1) is 6.58 Å². The highest BCUT2D eigenvalue weighted by Gasteiger charge is 2.03. The van der Waals surface area contributed by atoms with E-state index in [9.17, 15) is 0 Å². The fraction of sp³-hybridized carbons (Fsp3) is 0.600. The van der Waals surface area contributed by atoms with Crippen LogP contribution < -0.4 is 0 Å². The van der Waals surface area contributed by atoms with Gasteiger partial charge in [0.2, 0.25) is 0 Å². The van der Waals surface area contributed by atoms with Crippen LogP contribution in [0.3, 0.4) is 0 Å². The van der Waals surface area contributed by atoms with E-state index in [4.69, 9.17) is 0 Å². The molecular formula is C10H16. The molecule has 0 heterocycles. The van der Waals surface area contributed by atoms with Crippen LogP contribution in [0.25, 0.3) is 0 Å². The maximum absolute atomic E-state index is 3.83. The monoisotopic (exact) mass is 136 g/mol. The summed E-state index contributed by atoms with van der Waals surface area (Å²) in [6.07, 6.45) is 13.2. The van der Waals surface area contributed by atoms with Gasteiger partial charge in [-0.25, -0.2) is 0 Å². The molecule has 0 amide bonds. The Hall–Kier alpha value is -0.520. The first-order chi connectivity index (χ1) is 4.93. The molecule has 0 nitrogen and oxygen atoms in total. The van der Waals surface area contributed by atoms with Gasteiger partial charge < -0.3 is 0 Å². The molecule has 10 heavy (non-hydrogen) atoms. The normalized spacial score (nSPS) is 30.2. The molecule has 1 rings (SSSR count). The Morgan fingerprint density at radius 2 is 2.00 bits per heavy atom. The summed E-state index contributed by atoms with van der Waals surface area (Å²) in [5.74, 6) is 0.782. The van der Waals surface area contributed by atoms with Crippen molar-refractivity contribution in [3.05, 3.63) is 24.8 Å². The van der Waals surface area contributed by atoms with Gasteiger partial charge in [0.1, 0.15) is 0 Å². The molecule has 0 aromatic carbocycles. The maximum atomic E-state index is 3.83. The Labute approximate surface area is 63.6 Å². The van der Waals surface area contributed by atoms with Crippen LogP contribution in [0.15, 0.2) is 24.8 Å². The molecule has 0 saturated carbocycles. The van der Waals surface area contributed by atoms with Gasteiger partial charge in [0.25, 0.3) is 0 Å². The molecule has 0 aromatic rings. The second kappa shape index (κ2) is 4.32. The summed E-state index contributed by atoms with van der Waals surface area (Å²) < 4.78 is 0. The minimum Gasteiger partial charge on any atom is -0.103 e. The third kappa shape index (κ3) is 2.38. The third-order valence-electron chi connectivity index (χ3n) is 2.15. The van der Waals surface area contributed by atoms with Gasteiger partial charge in [0, 0.05) is 0 Å². The van der Waals surface area contributed by atoms with E-state index in [0.717, 1.165) is 5.92 Å². The van der Waals surface area contributed by atoms with Crippen molar-refractivity contribution in [1.29, 1.82) is 0 Å². The van der Waals surface area contributed by atoms with Crippen LogP contribution in [0.1, 0.15) is 32.1 Å². The summed E-state index contributed by atoms with van der Waals surface area (Å²) in [5.41, 5.74) is 0. The summed E-state index contributed by atoms with van der Waals surface area (Å²) in [7, 11) is 0. The molecule has 1 atom stereocenters. The first-order valence-corrected chi connectivity index (χ1v) is 4.21. The van der Waals surface area contributed by atoms with Crippen molar-refractivity contribution in [2.24, 2.45) is 5.92 Å². The molecule has 0 N–H and O–H groups in total. The minimum absolute atomic E-state index is 0.782. The summed E-state index contributed by atoms with van der Waals surface area (Å²) in [6, 6.07) is 0. The topological polar surface area (TPSA) is 0 Å². The molecule has 1 aliphatic rings. The molecule has 56 valence electrons. The highest BCUT2D eigenvalue weighted by Crippen LogP contribution is 2.18. The third-order valence-corrected chi connectivity index (χ3v) is 2.15. The molecule has 0 radical (unpaired) electrons. The van der Waals surface area contributed by atoms with E-state index in [1.54, 1.807) is 0 Å². The van der Waals surface area contributed by atoms with Crippen LogP contribution in [0.4, 0.5) is 0 Å². The van der Waals surface area contributed by atoms with Crippen molar-refractivity contribution < 1.29 is 0 Å². The average Bonchev–Trinajstić information content (AvgIpc) is 1.87. The molecular weight excluding hydrogens is 120 g/mol. The van der Waals surface area contributed by atoms with E-state index in [1.165, 1.54) is 32.1 Å². The summed E-state index contributed by atoms with van der Waals surface area (Å²) >= 11 is 0. The lowest BCUT2D eigenvalue weighted by atomic mass is 9.94. The molecule has 0 bridgehead atoms. The van der Waals surface area contributed by atoms with E-state index in [1.807, 2.05) is 0 Å². The van der Waals surface area contributed by atoms with Crippen molar-refractivity contribution in [3.63, 3.8) is 0 Å². The second-order valence-electron chi connectivity index (χ2n) is 2.98. The average molecular weight is 136 g/mol. The van der Waals surface area contributed by atoms with Crippen molar-refractivity contribution in [3.8, 4) is 0 Å². The van der Waals surface area contributed by atoms with Crippen LogP contribution in [-0.4, -0.2) is 0 Å².